The lowest BCUT2D eigenvalue weighted by atomic mass is 10.3. The maximum absolute atomic E-state index is 13.1. The summed E-state index contributed by atoms with van der Waals surface area (Å²) in [6, 6.07) is 5.94. The second-order valence-electron chi connectivity index (χ2n) is 4.90. The summed E-state index contributed by atoms with van der Waals surface area (Å²) in [6.07, 6.45) is 3.02. The van der Waals surface area contributed by atoms with Crippen molar-refractivity contribution in [2.75, 3.05) is 31.2 Å². The summed E-state index contributed by atoms with van der Waals surface area (Å²) in [5, 5.41) is 23.4. The predicted octanol–water partition coefficient (Wildman–Crippen LogP) is 0.746. The Hall–Kier alpha value is -2.58. The van der Waals surface area contributed by atoms with Gasteiger partial charge in [0.15, 0.2) is 5.65 Å². The predicted molar refractivity (Wildman–Crippen MR) is 83.0 cm³/mol. The fourth-order valence-electron chi connectivity index (χ4n) is 2.42. The van der Waals surface area contributed by atoms with Crippen LogP contribution in [0.5, 0.6) is 0 Å². The molecule has 3 rings (SSSR count). The van der Waals surface area contributed by atoms with E-state index in [2.05, 4.69) is 15.1 Å². The highest BCUT2D eigenvalue weighted by molar-refractivity contribution is 5.87. The number of anilines is 1. The maximum atomic E-state index is 13.1. The summed E-state index contributed by atoms with van der Waals surface area (Å²) in [7, 11) is 0. The fourth-order valence-corrected chi connectivity index (χ4v) is 2.42. The molecule has 8 heteroatoms. The Labute approximate surface area is 131 Å². The van der Waals surface area contributed by atoms with Crippen molar-refractivity contribution in [1.82, 2.24) is 19.7 Å². The van der Waals surface area contributed by atoms with Gasteiger partial charge in [0.2, 0.25) is 0 Å². The van der Waals surface area contributed by atoms with E-state index in [0.717, 1.165) is 0 Å². The highest BCUT2D eigenvalue weighted by Crippen LogP contribution is 2.24. The minimum Gasteiger partial charge on any atom is -0.395 e. The van der Waals surface area contributed by atoms with Gasteiger partial charge in [-0.25, -0.2) is 19.0 Å². The second kappa shape index (κ2) is 6.67. The standard InChI is InChI=1S/C15H16FN5O2/c16-11-1-3-12(4-2-11)21-15-13(9-19-21)14(17-10-18-15)20(5-7-22)6-8-23/h1-4,9-10,22-23H,5-8H2. The van der Waals surface area contributed by atoms with Crippen LogP contribution in [0, 0.1) is 5.82 Å². The molecule has 2 aromatic heterocycles. The van der Waals surface area contributed by atoms with Gasteiger partial charge in [-0.3, -0.25) is 0 Å². The van der Waals surface area contributed by atoms with E-state index >= 15 is 0 Å². The van der Waals surface area contributed by atoms with Gasteiger partial charge >= 0.3 is 0 Å². The first-order chi connectivity index (χ1) is 11.2. The van der Waals surface area contributed by atoms with E-state index in [0.29, 0.717) is 35.6 Å². The van der Waals surface area contributed by atoms with Crippen molar-refractivity contribution in [3.63, 3.8) is 0 Å². The van der Waals surface area contributed by atoms with Crippen LogP contribution >= 0.6 is 0 Å². The summed E-state index contributed by atoms with van der Waals surface area (Å²) in [5.41, 5.74) is 1.25. The monoisotopic (exact) mass is 317 g/mol. The van der Waals surface area contributed by atoms with Crippen LogP contribution < -0.4 is 4.90 Å². The highest BCUT2D eigenvalue weighted by atomic mass is 19.1. The van der Waals surface area contributed by atoms with Crippen LogP contribution in [0.15, 0.2) is 36.8 Å². The average molecular weight is 317 g/mol. The number of halogens is 1. The van der Waals surface area contributed by atoms with Crippen LogP contribution in [0.3, 0.4) is 0 Å². The molecular weight excluding hydrogens is 301 g/mol. The van der Waals surface area contributed by atoms with Crippen molar-refractivity contribution in [2.24, 2.45) is 0 Å². The Bertz CT molecular complexity index is 784. The first-order valence-corrected chi connectivity index (χ1v) is 7.16. The van der Waals surface area contributed by atoms with Crippen molar-refractivity contribution in [1.29, 1.82) is 0 Å². The van der Waals surface area contributed by atoms with Crippen LogP contribution in [0.2, 0.25) is 0 Å². The molecule has 23 heavy (non-hydrogen) atoms. The molecular formula is C15H16FN5O2. The minimum absolute atomic E-state index is 0.0579. The van der Waals surface area contributed by atoms with E-state index in [9.17, 15) is 14.6 Å². The molecule has 0 fully saturated rings. The Kier molecular flexibility index (Phi) is 4.45. The number of benzene rings is 1. The Morgan fingerprint density at radius 3 is 2.39 bits per heavy atom. The number of aliphatic hydroxyl groups is 2. The Balaban J connectivity index is 2.08. The zero-order valence-electron chi connectivity index (χ0n) is 12.3. The number of aromatic nitrogens is 4. The van der Waals surface area contributed by atoms with Gasteiger partial charge in [-0.1, -0.05) is 0 Å². The molecule has 0 aliphatic carbocycles. The summed E-state index contributed by atoms with van der Waals surface area (Å²) in [6.45, 7) is 0.567. The van der Waals surface area contributed by atoms with E-state index < -0.39 is 0 Å². The maximum Gasteiger partial charge on any atom is 0.168 e. The normalized spacial score (nSPS) is 11.1. The SMILES string of the molecule is OCCN(CCO)c1ncnc2c1cnn2-c1ccc(F)cc1. The summed E-state index contributed by atoms with van der Waals surface area (Å²) in [5.74, 6) is 0.268. The van der Waals surface area contributed by atoms with E-state index in [1.54, 1.807) is 27.9 Å². The zero-order valence-corrected chi connectivity index (χ0v) is 12.3. The topological polar surface area (TPSA) is 87.3 Å². The lowest BCUT2D eigenvalue weighted by molar-refractivity contribution is 0.281. The molecule has 2 N–H and O–H groups in total. The molecule has 2 heterocycles. The van der Waals surface area contributed by atoms with E-state index in [1.807, 2.05) is 0 Å². The molecule has 120 valence electrons. The number of hydrogen-bond acceptors (Lipinski definition) is 6. The first kappa shape index (κ1) is 15.3. The molecule has 3 aromatic rings. The van der Waals surface area contributed by atoms with Crippen molar-refractivity contribution >= 4 is 16.9 Å². The second-order valence-corrected chi connectivity index (χ2v) is 4.90. The van der Waals surface area contributed by atoms with Gasteiger partial charge in [0.25, 0.3) is 0 Å². The van der Waals surface area contributed by atoms with Crippen molar-refractivity contribution in [3.8, 4) is 5.69 Å². The van der Waals surface area contributed by atoms with Gasteiger partial charge in [-0.05, 0) is 24.3 Å². The van der Waals surface area contributed by atoms with E-state index in [4.69, 9.17) is 0 Å². The number of aliphatic hydroxyl groups excluding tert-OH is 2. The smallest absolute Gasteiger partial charge is 0.168 e. The number of hydrogen-bond donors (Lipinski definition) is 2. The van der Waals surface area contributed by atoms with Crippen molar-refractivity contribution in [3.05, 3.63) is 42.6 Å². The van der Waals surface area contributed by atoms with Gasteiger partial charge in [0.1, 0.15) is 18.0 Å². The molecule has 0 saturated carbocycles. The van der Waals surface area contributed by atoms with Crippen LogP contribution in [0.4, 0.5) is 10.2 Å². The van der Waals surface area contributed by atoms with E-state index in [1.165, 1.54) is 18.5 Å². The molecule has 0 radical (unpaired) electrons. The fraction of sp³-hybridized carbons (Fsp3) is 0.267. The zero-order chi connectivity index (χ0) is 16.2. The molecule has 0 amide bonds. The molecule has 7 nitrogen and oxygen atoms in total. The summed E-state index contributed by atoms with van der Waals surface area (Å²) < 4.78 is 14.7. The number of nitrogens with zero attached hydrogens (tertiary/aromatic N) is 5. The highest BCUT2D eigenvalue weighted by Gasteiger charge is 2.15. The Morgan fingerprint density at radius 2 is 1.74 bits per heavy atom. The molecule has 0 unspecified atom stereocenters. The summed E-state index contributed by atoms with van der Waals surface area (Å²) in [4.78, 5) is 10.3. The molecule has 0 spiro atoms. The molecule has 0 saturated heterocycles. The van der Waals surface area contributed by atoms with Gasteiger partial charge in [0, 0.05) is 13.1 Å². The quantitative estimate of drug-likeness (QED) is 0.697. The van der Waals surface area contributed by atoms with Gasteiger partial charge in [0.05, 0.1) is 30.5 Å². The van der Waals surface area contributed by atoms with Crippen molar-refractivity contribution < 1.29 is 14.6 Å². The third-order valence-electron chi connectivity index (χ3n) is 3.46. The lowest BCUT2D eigenvalue weighted by Gasteiger charge is -2.21. The molecule has 0 atom stereocenters. The molecule has 0 bridgehead atoms. The van der Waals surface area contributed by atoms with Gasteiger partial charge in [-0.2, -0.15) is 5.10 Å². The van der Waals surface area contributed by atoms with Crippen LogP contribution in [-0.2, 0) is 0 Å². The molecule has 0 aliphatic heterocycles. The third-order valence-corrected chi connectivity index (χ3v) is 3.46. The van der Waals surface area contributed by atoms with Gasteiger partial charge < -0.3 is 15.1 Å². The van der Waals surface area contributed by atoms with E-state index in [-0.39, 0.29) is 19.0 Å². The van der Waals surface area contributed by atoms with Gasteiger partial charge in [-0.15, -0.1) is 0 Å². The van der Waals surface area contributed by atoms with Crippen LogP contribution in [-0.4, -0.2) is 56.3 Å². The molecule has 0 aliphatic rings. The molecule has 1 aromatic carbocycles. The summed E-state index contributed by atoms with van der Waals surface area (Å²) >= 11 is 0. The van der Waals surface area contributed by atoms with Crippen LogP contribution in [0.25, 0.3) is 16.7 Å². The Morgan fingerprint density at radius 1 is 1.04 bits per heavy atom. The van der Waals surface area contributed by atoms with Crippen LogP contribution in [0.1, 0.15) is 0 Å². The average Bonchev–Trinajstić information content (AvgIpc) is 2.99. The largest absolute Gasteiger partial charge is 0.395 e. The lowest BCUT2D eigenvalue weighted by Crippen LogP contribution is -2.30. The first-order valence-electron chi connectivity index (χ1n) is 7.16. The van der Waals surface area contributed by atoms with Crippen molar-refractivity contribution in [2.45, 2.75) is 0 Å². The third kappa shape index (κ3) is 2.99. The number of rotatable bonds is 6. The number of fused-ring (bicyclic) bond motifs is 1. The minimum atomic E-state index is -0.322.